The first-order chi connectivity index (χ1) is 12.2. The standard InChI is InChI=1S/C21H28N2O2/c1-3-23(15-18-7-5-4-6-8-18)21(24)19-11-13-22(14-12-19)16-20-10-9-17(2)25-20/h4-10,19H,3,11-16H2,1-2H3/p+1. The van der Waals surface area contributed by atoms with Crippen LogP contribution < -0.4 is 4.90 Å². The van der Waals surface area contributed by atoms with Crippen molar-refractivity contribution in [1.29, 1.82) is 0 Å². The Kier molecular flexibility index (Phi) is 5.92. The number of likely N-dealkylation sites (tertiary alicyclic amines) is 1. The lowest BCUT2D eigenvalue weighted by atomic mass is 9.95. The van der Waals surface area contributed by atoms with Crippen molar-refractivity contribution in [3.63, 3.8) is 0 Å². The maximum Gasteiger partial charge on any atom is 0.226 e. The van der Waals surface area contributed by atoms with E-state index in [2.05, 4.69) is 25.1 Å². The summed E-state index contributed by atoms with van der Waals surface area (Å²) in [6.07, 6.45) is 1.94. The van der Waals surface area contributed by atoms with Crippen molar-refractivity contribution in [2.24, 2.45) is 5.92 Å². The molecule has 25 heavy (non-hydrogen) atoms. The Morgan fingerprint density at radius 2 is 1.88 bits per heavy atom. The zero-order valence-corrected chi connectivity index (χ0v) is 15.3. The van der Waals surface area contributed by atoms with E-state index < -0.39 is 0 Å². The molecular weight excluding hydrogens is 312 g/mol. The number of rotatable bonds is 6. The first kappa shape index (κ1) is 17.7. The zero-order valence-electron chi connectivity index (χ0n) is 15.3. The van der Waals surface area contributed by atoms with Crippen LogP contribution >= 0.6 is 0 Å². The molecule has 134 valence electrons. The number of piperidine rings is 1. The highest BCUT2D eigenvalue weighted by atomic mass is 16.3. The minimum Gasteiger partial charge on any atom is -0.460 e. The Morgan fingerprint density at radius 3 is 2.48 bits per heavy atom. The molecule has 4 heteroatoms. The van der Waals surface area contributed by atoms with E-state index in [-0.39, 0.29) is 5.92 Å². The van der Waals surface area contributed by atoms with E-state index in [9.17, 15) is 4.79 Å². The summed E-state index contributed by atoms with van der Waals surface area (Å²) in [6, 6.07) is 14.4. The molecule has 1 aromatic heterocycles. The predicted molar refractivity (Wildman–Crippen MR) is 98.1 cm³/mol. The van der Waals surface area contributed by atoms with Gasteiger partial charge in [0.15, 0.2) is 5.76 Å². The van der Waals surface area contributed by atoms with Gasteiger partial charge in [0.2, 0.25) is 5.91 Å². The number of quaternary nitrogens is 1. The molecule has 0 atom stereocenters. The van der Waals surface area contributed by atoms with Gasteiger partial charge >= 0.3 is 0 Å². The molecule has 0 spiro atoms. The summed E-state index contributed by atoms with van der Waals surface area (Å²) in [4.78, 5) is 16.4. The molecule has 1 aromatic carbocycles. The highest BCUT2D eigenvalue weighted by Gasteiger charge is 2.30. The zero-order chi connectivity index (χ0) is 17.6. The molecule has 1 fully saturated rings. The molecule has 0 radical (unpaired) electrons. The SMILES string of the molecule is CCN(Cc1ccccc1)C(=O)C1CC[NH+](Cc2ccc(C)o2)CC1. The minimum atomic E-state index is 0.172. The van der Waals surface area contributed by atoms with Crippen molar-refractivity contribution in [3.8, 4) is 0 Å². The average molecular weight is 341 g/mol. The quantitative estimate of drug-likeness (QED) is 0.876. The minimum absolute atomic E-state index is 0.172. The first-order valence-corrected chi connectivity index (χ1v) is 9.37. The molecule has 1 saturated heterocycles. The summed E-state index contributed by atoms with van der Waals surface area (Å²) >= 11 is 0. The van der Waals surface area contributed by atoms with Gasteiger partial charge in [0, 0.05) is 31.8 Å². The number of furan rings is 1. The van der Waals surface area contributed by atoms with Crippen LogP contribution in [-0.2, 0) is 17.9 Å². The van der Waals surface area contributed by atoms with E-state index in [1.54, 1.807) is 0 Å². The Labute approximate surface area is 150 Å². The van der Waals surface area contributed by atoms with Crippen LogP contribution in [0.25, 0.3) is 0 Å². The van der Waals surface area contributed by atoms with Gasteiger partial charge in [-0.25, -0.2) is 0 Å². The molecule has 2 aromatic rings. The molecule has 1 N–H and O–H groups in total. The normalized spacial score (nSPS) is 20.4. The van der Waals surface area contributed by atoms with Crippen LogP contribution in [-0.4, -0.2) is 30.4 Å². The van der Waals surface area contributed by atoms with Crippen LogP contribution in [0.1, 0.15) is 36.8 Å². The third-order valence-corrected chi connectivity index (χ3v) is 5.17. The van der Waals surface area contributed by atoms with Crippen molar-refractivity contribution in [1.82, 2.24) is 4.90 Å². The Hall–Kier alpha value is -2.07. The largest absolute Gasteiger partial charge is 0.460 e. The van der Waals surface area contributed by atoms with Gasteiger partial charge in [-0.3, -0.25) is 4.79 Å². The van der Waals surface area contributed by atoms with E-state index in [1.165, 1.54) is 10.5 Å². The van der Waals surface area contributed by atoms with Crippen molar-refractivity contribution in [2.45, 2.75) is 39.8 Å². The lowest BCUT2D eigenvalue weighted by Crippen LogP contribution is -3.11. The summed E-state index contributed by atoms with van der Waals surface area (Å²) < 4.78 is 5.69. The molecule has 0 aliphatic carbocycles. The second-order valence-corrected chi connectivity index (χ2v) is 7.05. The van der Waals surface area contributed by atoms with E-state index in [1.807, 2.05) is 36.1 Å². The molecule has 2 heterocycles. The number of hydrogen-bond acceptors (Lipinski definition) is 2. The van der Waals surface area contributed by atoms with E-state index in [0.717, 1.165) is 57.1 Å². The summed E-state index contributed by atoms with van der Waals surface area (Å²) in [5.41, 5.74) is 1.20. The second kappa shape index (κ2) is 8.34. The molecule has 1 aliphatic rings. The van der Waals surface area contributed by atoms with Crippen LogP contribution in [0, 0.1) is 12.8 Å². The van der Waals surface area contributed by atoms with E-state index in [0.29, 0.717) is 5.91 Å². The monoisotopic (exact) mass is 341 g/mol. The fourth-order valence-corrected chi connectivity index (χ4v) is 3.68. The first-order valence-electron chi connectivity index (χ1n) is 9.37. The third kappa shape index (κ3) is 4.73. The van der Waals surface area contributed by atoms with Crippen LogP contribution in [0.5, 0.6) is 0 Å². The summed E-state index contributed by atoms with van der Waals surface area (Å²) in [6.45, 7) is 8.55. The maximum absolute atomic E-state index is 12.9. The second-order valence-electron chi connectivity index (χ2n) is 7.05. The Bertz CT molecular complexity index is 672. The van der Waals surface area contributed by atoms with E-state index in [4.69, 9.17) is 4.42 Å². The third-order valence-electron chi connectivity index (χ3n) is 5.17. The van der Waals surface area contributed by atoms with Crippen molar-refractivity contribution in [2.75, 3.05) is 19.6 Å². The fourth-order valence-electron chi connectivity index (χ4n) is 3.68. The molecule has 3 rings (SSSR count). The van der Waals surface area contributed by atoms with Crippen LogP contribution in [0.15, 0.2) is 46.9 Å². The topological polar surface area (TPSA) is 37.9 Å². The summed E-state index contributed by atoms with van der Waals surface area (Å²) in [7, 11) is 0. The van der Waals surface area contributed by atoms with Gasteiger partial charge in [-0.2, -0.15) is 0 Å². The average Bonchev–Trinajstić information content (AvgIpc) is 3.05. The predicted octanol–water partition coefficient (Wildman–Crippen LogP) is 2.43. The van der Waals surface area contributed by atoms with Gasteiger partial charge in [0.05, 0.1) is 13.1 Å². The molecule has 0 saturated carbocycles. The fraction of sp³-hybridized carbons (Fsp3) is 0.476. The lowest BCUT2D eigenvalue weighted by Gasteiger charge is -2.31. The number of carbonyl (C=O) groups excluding carboxylic acids is 1. The number of amides is 1. The number of aryl methyl sites for hydroxylation is 1. The van der Waals surface area contributed by atoms with Gasteiger partial charge in [0.1, 0.15) is 12.3 Å². The van der Waals surface area contributed by atoms with E-state index >= 15 is 0 Å². The van der Waals surface area contributed by atoms with Crippen molar-refractivity contribution >= 4 is 5.91 Å². The van der Waals surface area contributed by atoms with Crippen molar-refractivity contribution < 1.29 is 14.1 Å². The number of carbonyl (C=O) groups is 1. The number of nitrogens with zero attached hydrogens (tertiary/aromatic N) is 1. The van der Waals surface area contributed by atoms with Crippen molar-refractivity contribution in [3.05, 3.63) is 59.5 Å². The highest BCUT2D eigenvalue weighted by molar-refractivity contribution is 5.78. The van der Waals surface area contributed by atoms with Gasteiger partial charge in [-0.1, -0.05) is 30.3 Å². The summed E-state index contributed by atoms with van der Waals surface area (Å²) in [5, 5.41) is 0. The number of nitrogens with one attached hydrogen (secondary N) is 1. The van der Waals surface area contributed by atoms with Gasteiger partial charge in [0.25, 0.3) is 0 Å². The maximum atomic E-state index is 12.9. The molecule has 1 aliphatic heterocycles. The van der Waals surface area contributed by atoms with Gasteiger partial charge < -0.3 is 14.2 Å². The van der Waals surface area contributed by atoms with Crippen LogP contribution in [0.3, 0.4) is 0 Å². The Morgan fingerprint density at radius 1 is 1.16 bits per heavy atom. The molecule has 4 nitrogen and oxygen atoms in total. The molecule has 0 bridgehead atoms. The molecular formula is C21H29N2O2+. The number of hydrogen-bond donors (Lipinski definition) is 1. The smallest absolute Gasteiger partial charge is 0.226 e. The Balaban J connectivity index is 1.51. The van der Waals surface area contributed by atoms with Crippen LogP contribution in [0.2, 0.25) is 0 Å². The molecule has 1 amide bonds. The summed E-state index contributed by atoms with van der Waals surface area (Å²) in [5.74, 6) is 2.51. The van der Waals surface area contributed by atoms with Gasteiger partial charge in [-0.05, 0) is 31.5 Å². The molecule has 0 unspecified atom stereocenters. The van der Waals surface area contributed by atoms with Crippen LogP contribution in [0.4, 0.5) is 0 Å². The van der Waals surface area contributed by atoms with Gasteiger partial charge in [-0.15, -0.1) is 0 Å². The highest BCUT2D eigenvalue weighted by Crippen LogP contribution is 2.16. The number of benzene rings is 1. The lowest BCUT2D eigenvalue weighted by molar-refractivity contribution is -0.920.